The lowest BCUT2D eigenvalue weighted by Gasteiger charge is -2.21. The molecule has 2 aromatic carbocycles. The zero-order valence-corrected chi connectivity index (χ0v) is 14.1. The highest BCUT2D eigenvalue weighted by Gasteiger charge is 2.20. The monoisotopic (exact) mass is 343 g/mol. The molecule has 0 fully saturated rings. The van der Waals surface area contributed by atoms with Crippen LogP contribution in [0.25, 0.3) is 0 Å². The van der Waals surface area contributed by atoms with Crippen molar-refractivity contribution in [3.63, 3.8) is 0 Å². The standard InChI is InChI=1S/C20H22FNO3/c1-14(16-8-5-9-17(21)13-16)20(25)22-18(10-11-19(23)24)12-15-6-3-2-4-7-15/h2-9,13-14,18H,10-12H2,1H3,(H,22,25)(H,23,24). The molecule has 2 rings (SSSR count). The molecule has 2 N–H and O–H groups in total. The number of rotatable bonds is 8. The molecule has 0 saturated carbocycles. The molecule has 0 bridgehead atoms. The van der Waals surface area contributed by atoms with Crippen LogP contribution in [0.4, 0.5) is 4.39 Å². The van der Waals surface area contributed by atoms with E-state index in [1.807, 2.05) is 30.3 Å². The van der Waals surface area contributed by atoms with Gasteiger partial charge in [-0.2, -0.15) is 0 Å². The molecule has 1 amide bonds. The van der Waals surface area contributed by atoms with Crippen molar-refractivity contribution in [2.75, 3.05) is 0 Å². The van der Waals surface area contributed by atoms with Gasteiger partial charge in [-0.05, 0) is 43.0 Å². The molecule has 0 spiro atoms. The Kier molecular flexibility index (Phi) is 6.69. The molecule has 4 nitrogen and oxygen atoms in total. The van der Waals surface area contributed by atoms with Crippen molar-refractivity contribution in [3.8, 4) is 0 Å². The van der Waals surface area contributed by atoms with Crippen molar-refractivity contribution in [3.05, 3.63) is 71.5 Å². The van der Waals surface area contributed by atoms with Crippen molar-refractivity contribution in [2.45, 2.75) is 38.1 Å². The van der Waals surface area contributed by atoms with Gasteiger partial charge in [0.15, 0.2) is 0 Å². The fourth-order valence-corrected chi connectivity index (χ4v) is 2.68. The van der Waals surface area contributed by atoms with E-state index >= 15 is 0 Å². The third-order valence-corrected chi connectivity index (χ3v) is 4.12. The Hall–Kier alpha value is -2.69. The van der Waals surface area contributed by atoms with E-state index < -0.39 is 11.9 Å². The SMILES string of the molecule is CC(C(=O)NC(CCC(=O)O)Cc1ccccc1)c1cccc(F)c1. The molecule has 0 radical (unpaired) electrons. The van der Waals surface area contributed by atoms with Crippen LogP contribution in [-0.4, -0.2) is 23.0 Å². The van der Waals surface area contributed by atoms with Crippen LogP contribution in [0, 0.1) is 5.82 Å². The largest absolute Gasteiger partial charge is 0.481 e. The maximum atomic E-state index is 13.4. The van der Waals surface area contributed by atoms with Crippen molar-refractivity contribution in [2.24, 2.45) is 0 Å². The smallest absolute Gasteiger partial charge is 0.303 e. The highest BCUT2D eigenvalue weighted by molar-refractivity contribution is 5.83. The molecular weight excluding hydrogens is 321 g/mol. The molecule has 25 heavy (non-hydrogen) atoms. The van der Waals surface area contributed by atoms with Crippen LogP contribution < -0.4 is 5.32 Å². The second kappa shape index (κ2) is 8.97. The summed E-state index contributed by atoms with van der Waals surface area (Å²) in [7, 11) is 0. The number of hydrogen-bond acceptors (Lipinski definition) is 2. The topological polar surface area (TPSA) is 66.4 Å². The quantitative estimate of drug-likeness (QED) is 0.771. The lowest BCUT2D eigenvalue weighted by atomic mass is 9.97. The first-order chi connectivity index (χ1) is 12.0. The molecule has 2 atom stereocenters. The maximum Gasteiger partial charge on any atom is 0.303 e. The number of amides is 1. The van der Waals surface area contributed by atoms with E-state index in [1.165, 1.54) is 12.1 Å². The average molecular weight is 343 g/mol. The Morgan fingerprint density at radius 3 is 2.48 bits per heavy atom. The molecule has 0 aromatic heterocycles. The van der Waals surface area contributed by atoms with Gasteiger partial charge >= 0.3 is 5.97 Å². The fraction of sp³-hybridized carbons (Fsp3) is 0.300. The van der Waals surface area contributed by atoms with Crippen LogP contribution in [0.2, 0.25) is 0 Å². The van der Waals surface area contributed by atoms with Crippen molar-refractivity contribution >= 4 is 11.9 Å². The minimum absolute atomic E-state index is 0.0217. The molecule has 0 saturated heterocycles. The second-order valence-electron chi connectivity index (χ2n) is 6.10. The summed E-state index contributed by atoms with van der Waals surface area (Å²) >= 11 is 0. The number of benzene rings is 2. The summed E-state index contributed by atoms with van der Waals surface area (Å²) in [4.78, 5) is 23.4. The molecular formula is C20H22FNO3. The fourth-order valence-electron chi connectivity index (χ4n) is 2.68. The molecule has 5 heteroatoms. The van der Waals surface area contributed by atoms with E-state index in [2.05, 4.69) is 5.32 Å². The zero-order chi connectivity index (χ0) is 18.2. The third kappa shape index (κ3) is 6.03. The molecule has 2 aromatic rings. The predicted molar refractivity (Wildman–Crippen MR) is 93.8 cm³/mol. The van der Waals surface area contributed by atoms with Crippen LogP contribution >= 0.6 is 0 Å². The van der Waals surface area contributed by atoms with Gasteiger partial charge in [0.25, 0.3) is 0 Å². The minimum Gasteiger partial charge on any atom is -0.481 e. The minimum atomic E-state index is -0.898. The van der Waals surface area contributed by atoms with Gasteiger partial charge in [-0.15, -0.1) is 0 Å². The molecule has 0 heterocycles. The van der Waals surface area contributed by atoms with E-state index in [0.29, 0.717) is 18.4 Å². The molecule has 2 unspecified atom stereocenters. The summed E-state index contributed by atoms with van der Waals surface area (Å²) in [6, 6.07) is 15.2. The van der Waals surface area contributed by atoms with Crippen LogP contribution in [-0.2, 0) is 16.0 Å². The first-order valence-corrected chi connectivity index (χ1v) is 8.27. The average Bonchev–Trinajstić information content (AvgIpc) is 2.59. The van der Waals surface area contributed by atoms with Crippen LogP contribution in [0.5, 0.6) is 0 Å². The predicted octanol–water partition coefficient (Wildman–Crippen LogP) is 3.52. The van der Waals surface area contributed by atoms with Crippen LogP contribution in [0.3, 0.4) is 0 Å². The van der Waals surface area contributed by atoms with E-state index in [9.17, 15) is 14.0 Å². The maximum absolute atomic E-state index is 13.4. The third-order valence-electron chi connectivity index (χ3n) is 4.12. The van der Waals surface area contributed by atoms with Gasteiger partial charge in [0.2, 0.25) is 5.91 Å². The summed E-state index contributed by atoms with van der Waals surface area (Å²) < 4.78 is 13.4. The Labute approximate surface area is 146 Å². The van der Waals surface area contributed by atoms with Crippen molar-refractivity contribution in [1.29, 1.82) is 0 Å². The van der Waals surface area contributed by atoms with Gasteiger partial charge in [0.05, 0.1) is 5.92 Å². The molecule has 132 valence electrons. The number of nitrogens with one attached hydrogen (secondary N) is 1. The number of carboxylic acids is 1. The highest BCUT2D eigenvalue weighted by Crippen LogP contribution is 2.17. The number of aliphatic carboxylic acids is 1. The summed E-state index contributed by atoms with van der Waals surface area (Å²) in [6.45, 7) is 1.71. The Morgan fingerprint density at radius 2 is 1.84 bits per heavy atom. The van der Waals surface area contributed by atoms with Gasteiger partial charge in [0, 0.05) is 12.5 Å². The number of halogens is 1. The Balaban J connectivity index is 2.06. The number of carboxylic acid groups (broad SMARTS) is 1. The summed E-state index contributed by atoms with van der Waals surface area (Å²) in [5.74, 6) is -2.04. The first-order valence-electron chi connectivity index (χ1n) is 8.27. The molecule has 0 aliphatic carbocycles. The van der Waals surface area contributed by atoms with Gasteiger partial charge in [-0.3, -0.25) is 9.59 Å². The Bertz CT molecular complexity index is 718. The van der Waals surface area contributed by atoms with Crippen molar-refractivity contribution < 1.29 is 19.1 Å². The normalized spacial score (nSPS) is 13.0. The van der Waals surface area contributed by atoms with Gasteiger partial charge in [-0.1, -0.05) is 42.5 Å². The summed E-state index contributed by atoms with van der Waals surface area (Å²) in [5.41, 5.74) is 1.62. The van der Waals surface area contributed by atoms with Crippen LogP contribution in [0.15, 0.2) is 54.6 Å². The van der Waals surface area contributed by atoms with Gasteiger partial charge in [-0.25, -0.2) is 4.39 Å². The lowest BCUT2D eigenvalue weighted by Crippen LogP contribution is -2.39. The summed E-state index contributed by atoms with van der Waals surface area (Å²) in [5, 5.41) is 11.8. The van der Waals surface area contributed by atoms with Gasteiger partial charge < -0.3 is 10.4 Å². The first kappa shape index (κ1) is 18.6. The van der Waals surface area contributed by atoms with Crippen molar-refractivity contribution in [1.82, 2.24) is 5.32 Å². The number of carbonyl (C=O) groups excluding carboxylic acids is 1. The van der Waals surface area contributed by atoms with E-state index in [-0.39, 0.29) is 24.2 Å². The van der Waals surface area contributed by atoms with E-state index in [1.54, 1.807) is 19.1 Å². The van der Waals surface area contributed by atoms with Crippen LogP contribution in [0.1, 0.15) is 36.8 Å². The van der Waals surface area contributed by atoms with E-state index in [4.69, 9.17) is 5.11 Å². The number of carbonyl (C=O) groups is 2. The van der Waals surface area contributed by atoms with E-state index in [0.717, 1.165) is 5.56 Å². The number of hydrogen-bond donors (Lipinski definition) is 2. The zero-order valence-electron chi connectivity index (χ0n) is 14.1. The summed E-state index contributed by atoms with van der Waals surface area (Å²) in [6.07, 6.45) is 0.869. The second-order valence-corrected chi connectivity index (χ2v) is 6.10. The highest BCUT2D eigenvalue weighted by atomic mass is 19.1. The van der Waals surface area contributed by atoms with Gasteiger partial charge in [0.1, 0.15) is 5.82 Å². The molecule has 0 aliphatic rings. The lowest BCUT2D eigenvalue weighted by molar-refractivity contribution is -0.137. The Morgan fingerprint density at radius 1 is 1.12 bits per heavy atom. The molecule has 0 aliphatic heterocycles.